The van der Waals surface area contributed by atoms with Crippen LogP contribution in [0.3, 0.4) is 0 Å². The summed E-state index contributed by atoms with van der Waals surface area (Å²) in [5, 5.41) is 1.27. The number of halogens is 2. The Balaban J connectivity index is 1.97. The summed E-state index contributed by atoms with van der Waals surface area (Å²) in [4.78, 5) is 5.00. The molecule has 0 aromatic heterocycles. The van der Waals surface area contributed by atoms with Gasteiger partial charge in [0.25, 0.3) is 0 Å². The van der Waals surface area contributed by atoms with Crippen LogP contribution in [0.2, 0.25) is 10.0 Å². The van der Waals surface area contributed by atoms with E-state index in [2.05, 4.69) is 29.7 Å². The molecule has 2 nitrogen and oxygen atoms in total. The van der Waals surface area contributed by atoms with Crippen molar-refractivity contribution in [3.8, 4) is 0 Å². The molecule has 2 rings (SSSR count). The van der Waals surface area contributed by atoms with E-state index in [1.54, 1.807) is 0 Å². The fraction of sp³-hybridized carbons (Fsp3) is 0.600. The third kappa shape index (κ3) is 3.56. The van der Waals surface area contributed by atoms with Crippen LogP contribution in [0.5, 0.6) is 0 Å². The molecule has 0 N–H and O–H groups in total. The molecule has 0 radical (unpaired) electrons. The summed E-state index contributed by atoms with van der Waals surface area (Å²) in [6.45, 7) is 8.95. The van der Waals surface area contributed by atoms with Gasteiger partial charge in [0.1, 0.15) is 0 Å². The zero-order chi connectivity index (χ0) is 13.8. The van der Waals surface area contributed by atoms with Crippen LogP contribution in [0, 0.1) is 0 Å². The van der Waals surface area contributed by atoms with Gasteiger partial charge in [0.05, 0.1) is 10.0 Å². The van der Waals surface area contributed by atoms with Gasteiger partial charge in [-0.15, -0.1) is 0 Å². The fourth-order valence-corrected chi connectivity index (χ4v) is 3.12. The summed E-state index contributed by atoms with van der Waals surface area (Å²) in [7, 11) is 0. The minimum absolute atomic E-state index is 0.626. The van der Waals surface area contributed by atoms with E-state index >= 15 is 0 Å². The number of hydrogen-bond acceptors (Lipinski definition) is 2. The fourth-order valence-electron chi connectivity index (χ4n) is 2.83. The van der Waals surface area contributed by atoms with Crippen molar-refractivity contribution in [2.45, 2.75) is 32.7 Å². The molecule has 106 valence electrons. The summed E-state index contributed by atoms with van der Waals surface area (Å²) in [5.74, 6) is 0. The minimum atomic E-state index is 0.626. The highest BCUT2D eigenvalue weighted by molar-refractivity contribution is 6.42. The van der Waals surface area contributed by atoms with Crippen molar-refractivity contribution in [2.75, 3.05) is 31.1 Å². The number of hydrogen-bond donors (Lipinski definition) is 0. The highest BCUT2D eigenvalue weighted by atomic mass is 35.5. The standard InChI is InChI=1S/C15H22Cl2N2/c1-3-12(4-2)18-7-9-19(10-8-18)13-5-6-14(16)15(17)11-13/h5-6,11-12H,3-4,7-10H2,1-2H3. The molecule has 1 aliphatic heterocycles. The van der Waals surface area contributed by atoms with Gasteiger partial charge in [0, 0.05) is 37.9 Å². The second kappa shape index (κ2) is 6.83. The molecule has 1 aromatic carbocycles. The first-order chi connectivity index (χ1) is 9.15. The van der Waals surface area contributed by atoms with E-state index in [0.29, 0.717) is 10.0 Å². The van der Waals surface area contributed by atoms with Crippen LogP contribution in [0.25, 0.3) is 0 Å². The molecule has 4 heteroatoms. The molecule has 0 bridgehead atoms. The Labute approximate surface area is 126 Å². The summed E-state index contributed by atoms with van der Waals surface area (Å²) >= 11 is 12.1. The molecule has 0 unspecified atom stereocenters. The average Bonchev–Trinajstić information content (AvgIpc) is 2.44. The Hall–Kier alpha value is -0.440. The minimum Gasteiger partial charge on any atom is -0.369 e. The zero-order valence-electron chi connectivity index (χ0n) is 11.7. The smallest absolute Gasteiger partial charge is 0.0612 e. The number of anilines is 1. The second-order valence-electron chi connectivity index (χ2n) is 5.09. The summed E-state index contributed by atoms with van der Waals surface area (Å²) < 4.78 is 0. The third-order valence-corrected chi connectivity index (χ3v) is 4.78. The average molecular weight is 301 g/mol. The Kier molecular flexibility index (Phi) is 5.37. The molecule has 1 heterocycles. The molecular weight excluding hydrogens is 279 g/mol. The predicted molar refractivity (Wildman–Crippen MR) is 84.6 cm³/mol. The van der Waals surface area contributed by atoms with Crippen LogP contribution in [0.1, 0.15) is 26.7 Å². The molecule has 0 aliphatic carbocycles. The van der Waals surface area contributed by atoms with Gasteiger partial charge < -0.3 is 4.90 Å². The summed E-state index contributed by atoms with van der Waals surface area (Å²) in [6, 6.07) is 6.64. The number of rotatable bonds is 4. The molecule has 1 aromatic rings. The number of piperazine rings is 1. The van der Waals surface area contributed by atoms with Crippen molar-refractivity contribution in [1.29, 1.82) is 0 Å². The lowest BCUT2D eigenvalue weighted by molar-refractivity contribution is 0.175. The summed E-state index contributed by atoms with van der Waals surface area (Å²) in [5.41, 5.74) is 1.18. The van der Waals surface area contributed by atoms with Crippen LogP contribution in [-0.2, 0) is 0 Å². The molecule has 1 saturated heterocycles. The van der Waals surface area contributed by atoms with Crippen molar-refractivity contribution < 1.29 is 0 Å². The topological polar surface area (TPSA) is 6.48 Å². The van der Waals surface area contributed by atoms with Crippen molar-refractivity contribution in [3.63, 3.8) is 0 Å². The van der Waals surface area contributed by atoms with Gasteiger partial charge in [-0.3, -0.25) is 4.90 Å². The highest BCUT2D eigenvalue weighted by Crippen LogP contribution is 2.28. The normalized spacial score (nSPS) is 17.2. The Morgan fingerprint density at radius 2 is 1.63 bits per heavy atom. The van der Waals surface area contributed by atoms with Crippen LogP contribution in [-0.4, -0.2) is 37.1 Å². The maximum absolute atomic E-state index is 6.09. The van der Waals surface area contributed by atoms with E-state index < -0.39 is 0 Å². The SMILES string of the molecule is CCC(CC)N1CCN(c2ccc(Cl)c(Cl)c2)CC1. The molecule has 1 fully saturated rings. The first kappa shape index (κ1) is 15.0. The first-order valence-corrected chi connectivity index (χ1v) is 7.85. The number of benzene rings is 1. The highest BCUT2D eigenvalue weighted by Gasteiger charge is 2.21. The van der Waals surface area contributed by atoms with Gasteiger partial charge in [0.2, 0.25) is 0 Å². The van der Waals surface area contributed by atoms with Gasteiger partial charge >= 0.3 is 0 Å². The number of nitrogens with zero attached hydrogens (tertiary/aromatic N) is 2. The maximum atomic E-state index is 6.09. The van der Waals surface area contributed by atoms with E-state index in [4.69, 9.17) is 23.2 Å². The maximum Gasteiger partial charge on any atom is 0.0612 e. The zero-order valence-corrected chi connectivity index (χ0v) is 13.2. The molecular formula is C15H22Cl2N2. The lowest BCUT2D eigenvalue weighted by Gasteiger charge is -2.40. The molecule has 0 spiro atoms. The van der Waals surface area contributed by atoms with Gasteiger partial charge in [-0.2, -0.15) is 0 Å². The second-order valence-corrected chi connectivity index (χ2v) is 5.91. The van der Waals surface area contributed by atoms with Gasteiger partial charge in [-0.1, -0.05) is 37.0 Å². The molecule has 1 aliphatic rings. The van der Waals surface area contributed by atoms with Crippen molar-refractivity contribution >= 4 is 28.9 Å². The van der Waals surface area contributed by atoms with Gasteiger partial charge in [0.15, 0.2) is 0 Å². The van der Waals surface area contributed by atoms with Crippen LogP contribution < -0.4 is 4.90 Å². The predicted octanol–water partition coefficient (Wildman–Crippen LogP) is 4.30. The monoisotopic (exact) mass is 300 g/mol. The van der Waals surface area contributed by atoms with Crippen molar-refractivity contribution in [2.24, 2.45) is 0 Å². The van der Waals surface area contributed by atoms with E-state index in [9.17, 15) is 0 Å². The largest absolute Gasteiger partial charge is 0.369 e. The Bertz CT molecular complexity index is 411. The van der Waals surface area contributed by atoms with Gasteiger partial charge in [-0.05, 0) is 31.0 Å². The Morgan fingerprint density at radius 1 is 1.00 bits per heavy atom. The van der Waals surface area contributed by atoms with E-state index in [1.165, 1.54) is 18.5 Å². The lowest BCUT2D eigenvalue weighted by Crippen LogP contribution is -2.50. The molecule has 0 amide bonds. The van der Waals surface area contributed by atoms with E-state index in [-0.39, 0.29) is 0 Å². The van der Waals surface area contributed by atoms with Crippen molar-refractivity contribution in [1.82, 2.24) is 4.90 Å². The summed E-state index contributed by atoms with van der Waals surface area (Å²) in [6.07, 6.45) is 2.48. The van der Waals surface area contributed by atoms with Gasteiger partial charge in [-0.25, -0.2) is 0 Å². The first-order valence-electron chi connectivity index (χ1n) is 7.09. The molecule has 0 saturated carbocycles. The lowest BCUT2D eigenvalue weighted by atomic mass is 10.1. The van der Waals surface area contributed by atoms with E-state index in [0.717, 1.165) is 32.2 Å². The van der Waals surface area contributed by atoms with Crippen LogP contribution in [0.4, 0.5) is 5.69 Å². The third-order valence-electron chi connectivity index (χ3n) is 4.04. The van der Waals surface area contributed by atoms with Crippen molar-refractivity contribution in [3.05, 3.63) is 28.2 Å². The van der Waals surface area contributed by atoms with Crippen LogP contribution in [0.15, 0.2) is 18.2 Å². The molecule has 19 heavy (non-hydrogen) atoms. The van der Waals surface area contributed by atoms with E-state index in [1.807, 2.05) is 12.1 Å². The Morgan fingerprint density at radius 3 is 2.16 bits per heavy atom. The molecule has 0 atom stereocenters. The van der Waals surface area contributed by atoms with Crippen LogP contribution >= 0.6 is 23.2 Å². The quantitative estimate of drug-likeness (QED) is 0.818.